The number of allylic oxidation sites excluding steroid dienone is 4. The molecular formula is C20H38N4O3. The Labute approximate surface area is 165 Å². The van der Waals surface area contributed by atoms with Gasteiger partial charge in [-0.25, -0.2) is 9.59 Å². The number of hydrogen-bond acceptors (Lipinski definition) is 5. The van der Waals surface area contributed by atoms with Crippen LogP contribution in [-0.4, -0.2) is 57.2 Å². The predicted octanol–water partition coefficient (Wildman–Crippen LogP) is 2.58. The Hall–Kier alpha value is -2.38. The molecule has 0 radical (unpaired) electrons. The lowest BCUT2D eigenvalue weighted by atomic mass is 10.2. The number of rotatable bonds is 9. The molecule has 7 heteroatoms. The summed E-state index contributed by atoms with van der Waals surface area (Å²) in [5, 5.41) is 5.25. The van der Waals surface area contributed by atoms with Gasteiger partial charge in [0.25, 0.3) is 0 Å². The van der Waals surface area contributed by atoms with E-state index in [2.05, 4.69) is 48.3 Å². The standard InChI is InChI=1S/C11H14O2.C8H19N3O.CH5N/c1-5-8-10(9(4)6-2)13-11(12)7-3;1-4-11(5-2)7-6-10-8(12)9-3;1-2/h5-8H,2-3H2,1,4H3;4-7H2,1-3H3,(H2,9,10,12);2H2,1H3/b8-5-,10-9+;;. The highest BCUT2D eigenvalue weighted by Crippen LogP contribution is 2.09. The van der Waals surface area contributed by atoms with E-state index >= 15 is 0 Å². The van der Waals surface area contributed by atoms with E-state index < -0.39 is 5.97 Å². The molecule has 0 rings (SSSR count). The van der Waals surface area contributed by atoms with Crippen LogP contribution in [0.4, 0.5) is 4.79 Å². The Morgan fingerprint density at radius 3 is 2.07 bits per heavy atom. The smallest absolute Gasteiger partial charge is 0.335 e. The van der Waals surface area contributed by atoms with Gasteiger partial charge in [-0.2, -0.15) is 0 Å². The van der Waals surface area contributed by atoms with Crippen molar-refractivity contribution in [2.75, 3.05) is 40.3 Å². The fourth-order valence-electron chi connectivity index (χ4n) is 1.60. The van der Waals surface area contributed by atoms with E-state index in [0.717, 1.165) is 31.3 Å². The average molecular weight is 383 g/mol. The molecule has 0 saturated carbocycles. The second-order valence-corrected chi connectivity index (χ2v) is 4.91. The number of nitrogens with one attached hydrogen (secondary N) is 2. The predicted molar refractivity (Wildman–Crippen MR) is 114 cm³/mol. The molecule has 0 aliphatic rings. The Balaban J connectivity index is -0.000000391. The third-order valence-electron chi connectivity index (χ3n) is 3.23. The minimum absolute atomic E-state index is 0.109. The molecule has 0 atom stereocenters. The van der Waals surface area contributed by atoms with Crippen LogP contribution in [0.15, 0.2) is 48.8 Å². The lowest BCUT2D eigenvalue weighted by molar-refractivity contribution is -0.133. The van der Waals surface area contributed by atoms with E-state index in [1.165, 1.54) is 7.05 Å². The summed E-state index contributed by atoms with van der Waals surface area (Å²) >= 11 is 0. The van der Waals surface area contributed by atoms with Crippen molar-refractivity contribution >= 4 is 12.0 Å². The summed E-state index contributed by atoms with van der Waals surface area (Å²) in [6.07, 6.45) is 6.25. The van der Waals surface area contributed by atoms with E-state index in [0.29, 0.717) is 12.3 Å². The van der Waals surface area contributed by atoms with Crippen molar-refractivity contribution in [3.05, 3.63) is 48.8 Å². The summed E-state index contributed by atoms with van der Waals surface area (Å²) in [5.41, 5.74) is 5.31. The monoisotopic (exact) mass is 382 g/mol. The molecule has 27 heavy (non-hydrogen) atoms. The fourth-order valence-corrected chi connectivity index (χ4v) is 1.60. The van der Waals surface area contributed by atoms with Crippen LogP contribution in [0.3, 0.4) is 0 Å². The number of hydrogen-bond donors (Lipinski definition) is 3. The van der Waals surface area contributed by atoms with Gasteiger partial charge in [-0.05, 0) is 45.6 Å². The molecule has 0 fully saturated rings. The highest BCUT2D eigenvalue weighted by Gasteiger charge is 2.01. The molecule has 0 saturated heterocycles. The van der Waals surface area contributed by atoms with Gasteiger partial charge >= 0.3 is 12.0 Å². The summed E-state index contributed by atoms with van der Waals surface area (Å²) in [7, 11) is 3.12. The molecule has 0 heterocycles. The summed E-state index contributed by atoms with van der Waals surface area (Å²) in [6, 6.07) is -0.109. The molecule has 4 N–H and O–H groups in total. The quantitative estimate of drug-likeness (QED) is 0.246. The zero-order valence-corrected chi connectivity index (χ0v) is 17.8. The van der Waals surface area contributed by atoms with E-state index in [1.807, 2.05) is 13.8 Å². The first-order chi connectivity index (χ1) is 12.9. The maximum Gasteiger partial charge on any atom is 0.335 e. The molecule has 0 unspecified atom stereocenters. The van der Waals surface area contributed by atoms with Crippen molar-refractivity contribution in [3.63, 3.8) is 0 Å². The number of esters is 1. The molecule has 0 aromatic carbocycles. The van der Waals surface area contributed by atoms with E-state index in [1.54, 1.807) is 25.3 Å². The van der Waals surface area contributed by atoms with Gasteiger partial charge in [-0.15, -0.1) is 0 Å². The van der Waals surface area contributed by atoms with Crippen molar-refractivity contribution in [1.29, 1.82) is 0 Å². The van der Waals surface area contributed by atoms with Crippen LogP contribution >= 0.6 is 0 Å². The molecule has 0 aromatic rings. The molecule has 0 aliphatic heterocycles. The third-order valence-corrected chi connectivity index (χ3v) is 3.23. The van der Waals surface area contributed by atoms with Crippen LogP contribution in [0.5, 0.6) is 0 Å². The van der Waals surface area contributed by atoms with Gasteiger partial charge in [0, 0.05) is 26.2 Å². The summed E-state index contributed by atoms with van der Waals surface area (Å²) in [6.45, 7) is 18.5. The normalized spacial score (nSPS) is 10.5. The van der Waals surface area contributed by atoms with E-state index in [-0.39, 0.29) is 6.03 Å². The molecule has 0 aromatic heterocycles. The topological polar surface area (TPSA) is 96.7 Å². The first-order valence-electron chi connectivity index (χ1n) is 8.95. The van der Waals surface area contributed by atoms with Gasteiger partial charge in [-0.1, -0.05) is 39.2 Å². The van der Waals surface area contributed by atoms with Crippen molar-refractivity contribution in [3.8, 4) is 0 Å². The Morgan fingerprint density at radius 2 is 1.70 bits per heavy atom. The number of carbonyl (C=O) groups excluding carboxylic acids is 2. The molecule has 0 bridgehead atoms. The van der Waals surface area contributed by atoms with Gasteiger partial charge in [0.05, 0.1) is 0 Å². The van der Waals surface area contributed by atoms with Gasteiger partial charge in [0.1, 0.15) is 5.76 Å². The largest absolute Gasteiger partial charge is 0.423 e. The van der Waals surface area contributed by atoms with Gasteiger partial charge in [0.15, 0.2) is 0 Å². The second-order valence-electron chi connectivity index (χ2n) is 4.91. The number of urea groups is 1. The number of carbonyl (C=O) groups is 2. The maximum atomic E-state index is 10.9. The summed E-state index contributed by atoms with van der Waals surface area (Å²) < 4.78 is 4.96. The van der Waals surface area contributed by atoms with E-state index in [4.69, 9.17) is 4.74 Å². The maximum absolute atomic E-state index is 10.9. The first-order valence-corrected chi connectivity index (χ1v) is 8.95. The molecular weight excluding hydrogens is 344 g/mol. The van der Waals surface area contributed by atoms with Crippen LogP contribution in [0, 0.1) is 0 Å². The third kappa shape index (κ3) is 18.2. The Bertz CT molecular complexity index is 482. The van der Waals surface area contributed by atoms with Crippen LogP contribution in [-0.2, 0) is 9.53 Å². The Kier molecular flexibility index (Phi) is 23.6. The van der Waals surface area contributed by atoms with Gasteiger partial charge < -0.3 is 26.0 Å². The van der Waals surface area contributed by atoms with Gasteiger partial charge in [-0.3, -0.25) is 0 Å². The number of ether oxygens (including phenoxy) is 1. The van der Waals surface area contributed by atoms with E-state index in [9.17, 15) is 9.59 Å². The van der Waals surface area contributed by atoms with Crippen molar-refractivity contribution in [2.24, 2.45) is 5.73 Å². The highest BCUT2D eigenvalue weighted by atomic mass is 16.5. The SMILES string of the molecule is C=CC(=O)OC(/C=C\C)=C(\C)C=C.CCN(CC)CCNC(=O)NC.CN. The number of amides is 2. The number of nitrogens with zero attached hydrogens (tertiary/aromatic N) is 1. The molecule has 156 valence electrons. The lowest BCUT2D eigenvalue weighted by Crippen LogP contribution is -2.38. The van der Waals surface area contributed by atoms with Crippen LogP contribution < -0.4 is 16.4 Å². The minimum atomic E-state index is -0.464. The number of nitrogens with two attached hydrogens (primary N) is 1. The molecule has 0 spiro atoms. The highest BCUT2D eigenvalue weighted by molar-refractivity contribution is 5.82. The minimum Gasteiger partial charge on any atom is -0.423 e. The van der Waals surface area contributed by atoms with Crippen LogP contribution in [0.2, 0.25) is 0 Å². The number of likely N-dealkylation sites (N-methyl/N-ethyl adjacent to an activating group) is 1. The summed E-state index contributed by atoms with van der Waals surface area (Å²) in [5.74, 6) is 0.0386. The average Bonchev–Trinajstić information content (AvgIpc) is 2.71. The molecule has 2 amide bonds. The van der Waals surface area contributed by atoms with Crippen molar-refractivity contribution in [2.45, 2.75) is 27.7 Å². The molecule has 0 aliphatic carbocycles. The lowest BCUT2D eigenvalue weighted by Gasteiger charge is -2.17. The van der Waals surface area contributed by atoms with Crippen LogP contribution in [0.1, 0.15) is 27.7 Å². The molecule has 7 nitrogen and oxygen atoms in total. The zero-order valence-electron chi connectivity index (χ0n) is 17.8. The van der Waals surface area contributed by atoms with Crippen molar-refractivity contribution < 1.29 is 14.3 Å². The first kappa shape index (κ1) is 29.4. The Morgan fingerprint density at radius 1 is 1.15 bits per heavy atom. The van der Waals surface area contributed by atoms with Crippen LogP contribution in [0.25, 0.3) is 0 Å². The van der Waals surface area contributed by atoms with Crippen molar-refractivity contribution in [1.82, 2.24) is 15.5 Å². The second kappa shape index (κ2) is 21.7. The van der Waals surface area contributed by atoms with Gasteiger partial charge in [0.2, 0.25) is 0 Å². The summed E-state index contributed by atoms with van der Waals surface area (Å²) in [4.78, 5) is 23.9. The fraction of sp³-hybridized carbons (Fsp3) is 0.500. The zero-order chi connectivity index (χ0) is 21.7.